The Hall–Kier alpha value is -2.50. The van der Waals surface area contributed by atoms with Crippen molar-refractivity contribution in [3.63, 3.8) is 0 Å². The van der Waals surface area contributed by atoms with Crippen LogP contribution in [0.25, 0.3) is 0 Å². The topological polar surface area (TPSA) is 43.6 Å². The highest BCUT2D eigenvalue weighted by Crippen LogP contribution is 2.30. The Labute approximate surface area is 164 Å². The molecule has 0 amide bonds. The molecular weight excluding hydrogens is 358 g/mol. The number of nitrogens with zero attached hydrogens (tertiary/aromatic N) is 5. The van der Waals surface area contributed by atoms with Gasteiger partial charge in [0.25, 0.3) is 0 Å². The van der Waals surface area contributed by atoms with Crippen molar-refractivity contribution in [3.05, 3.63) is 64.7 Å². The van der Waals surface area contributed by atoms with E-state index in [-0.39, 0.29) is 0 Å². The third-order valence-corrected chi connectivity index (χ3v) is 4.97. The van der Waals surface area contributed by atoms with Crippen LogP contribution in [0.4, 0.5) is 5.69 Å². The maximum Gasteiger partial charge on any atom is 0.154 e. The predicted octanol–water partition coefficient (Wildman–Crippen LogP) is 3.72. The molecular formula is C21H22ClN5. The Morgan fingerprint density at radius 2 is 1.89 bits per heavy atom. The summed E-state index contributed by atoms with van der Waals surface area (Å²) in [6, 6.07) is 16.2. The van der Waals surface area contributed by atoms with Crippen LogP contribution in [0.2, 0.25) is 5.02 Å². The Balaban J connectivity index is 1.75. The molecule has 0 aliphatic carbocycles. The van der Waals surface area contributed by atoms with Crippen LogP contribution >= 0.6 is 11.6 Å². The number of hydrogen-bond acceptors (Lipinski definition) is 5. The first-order valence-corrected chi connectivity index (χ1v) is 9.44. The maximum atomic E-state index is 6.34. The molecule has 4 rings (SSSR count). The maximum absolute atomic E-state index is 6.34. The monoisotopic (exact) mass is 379 g/mol. The van der Waals surface area contributed by atoms with Gasteiger partial charge in [-0.05, 0) is 32.3 Å². The van der Waals surface area contributed by atoms with E-state index in [4.69, 9.17) is 16.6 Å². The summed E-state index contributed by atoms with van der Waals surface area (Å²) in [4.78, 5) is 9.25. The van der Waals surface area contributed by atoms with Gasteiger partial charge < -0.3 is 9.80 Å². The molecule has 6 heteroatoms. The largest absolute Gasteiger partial charge is 0.320 e. The number of fused-ring (bicyclic) bond motifs is 3. The average Bonchev–Trinajstić information content (AvgIpc) is 2.83. The van der Waals surface area contributed by atoms with Crippen molar-refractivity contribution in [2.24, 2.45) is 15.2 Å². The SMILES string of the molecule is CN(C)CCC1=NN=C2CN=C(c3ccccc3)c3cc(Cl)ccc3N2C1. The van der Waals surface area contributed by atoms with Crippen LogP contribution in [0.1, 0.15) is 17.5 Å². The molecule has 0 radical (unpaired) electrons. The molecule has 27 heavy (non-hydrogen) atoms. The normalized spacial score (nSPS) is 16.1. The highest BCUT2D eigenvalue weighted by atomic mass is 35.5. The first-order valence-electron chi connectivity index (χ1n) is 9.06. The minimum Gasteiger partial charge on any atom is -0.320 e. The number of rotatable bonds is 4. The van der Waals surface area contributed by atoms with Crippen molar-refractivity contribution in [1.82, 2.24) is 4.90 Å². The summed E-state index contributed by atoms with van der Waals surface area (Å²) in [6.45, 7) is 2.19. The number of benzene rings is 2. The lowest BCUT2D eigenvalue weighted by Gasteiger charge is -2.28. The van der Waals surface area contributed by atoms with Gasteiger partial charge in [-0.3, -0.25) is 4.99 Å². The molecule has 0 saturated heterocycles. The summed E-state index contributed by atoms with van der Waals surface area (Å²) >= 11 is 6.34. The van der Waals surface area contributed by atoms with Crippen molar-refractivity contribution in [3.8, 4) is 0 Å². The molecule has 0 fully saturated rings. The van der Waals surface area contributed by atoms with E-state index in [1.54, 1.807) is 0 Å². The fourth-order valence-corrected chi connectivity index (χ4v) is 3.49. The minimum atomic E-state index is 0.501. The van der Waals surface area contributed by atoms with E-state index in [0.717, 1.165) is 53.6 Å². The van der Waals surface area contributed by atoms with Crippen LogP contribution in [0.15, 0.2) is 63.7 Å². The lowest BCUT2D eigenvalue weighted by atomic mass is 10.00. The van der Waals surface area contributed by atoms with Crippen LogP contribution in [0.5, 0.6) is 0 Å². The second-order valence-electron chi connectivity index (χ2n) is 7.01. The molecule has 0 unspecified atom stereocenters. The zero-order chi connectivity index (χ0) is 18.8. The summed E-state index contributed by atoms with van der Waals surface area (Å²) in [5.41, 5.74) is 5.22. The van der Waals surface area contributed by atoms with Crippen molar-refractivity contribution in [2.75, 3.05) is 38.6 Å². The highest BCUT2D eigenvalue weighted by molar-refractivity contribution is 6.32. The van der Waals surface area contributed by atoms with E-state index in [9.17, 15) is 0 Å². The van der Waals surface area contributed by atoms with Gasteiger partial charge in [0, 0.05) is 29.1 Å². The minimum absolute atomic E-state index is 0.501. The van der Waals surface area contributed by atoms with Gasteiger partial charge in [0.15, 0.2) is 5.84 Å². The summed E-state index contributed by atoms with van der Waals surface area (Å²) in [7, 11) is 4.14. The van der Waals surface area contributed by atoms with Crippen LogP contribution < -0.4 is 4.90 Å². The first-order chi connectivity index (χ1) is 13.1. The summed E-state index contributed by atoms with van der Waals surface area (Å²) < 4.78 is 0. The number of aliphatic imine (C=N–C) groups is 1. The van der Waals surface area contributed by atoms with Gasteiger partial charge in [-0.1, -0.05) is 41.9 Å². The molecule has 2 aromatic carbocycles. The Morgan fingerprint density at radius 1 is 1.07 bits per heavy atom. The smallest absolute Gasteiger partial charge is 0.154 e. The Morgan fingerprint density at radius 3 is 2.67 bits per heavy atom. The van der Waals surface area contributed by atoms with Crippen molar-refractivity contribution in [2.45, 2.75) is 6.42 Å². The number of amidine groups is 1. The third kappa shape index (κ3) is 3.80. The second-order valence-corrected chi connectivity index (χ2v) is 7.45. The zero-order valence-corrected chi connectivity index (χ0v) is 16.3. The van der Waals surface area contributed by atoms with Crippen LogP contribution in [-0.4, -0.2) is 55.9 Å². The van der Waals surface area contributed by atoms with E-state index in [2.05, 4.69) is 52.3 Å². The van der Waals surface area contributed by atoms with Crippen LogP contribution in [-0.2, 0) is 0 Å². The lowest BCUT2D eigenvalue weighted by molar-refractivity contribution is 0.421. The molecule has 2 aliphatic rings. The summed E-state index contributed by atoms with van der Waals surface area (Å²) in [5.74, 6) is 0.873. The molecule has 0 atom stereocenters. The second kappa shape index (κ2) is 7.62. The van der Waals surface area contributed by atoms with Gasteiger partial charge in [-0.2, -0.15) is 5.10 Å². The molecule has 0 saturated carbocycles. The molecule has 2 aliphatic heterocycles. The molecule has 138 valence electrons. The van der Waals surface area contributed by atoms with E-state index >= 15 is 0 Å². The van der Waals surface area contributed by atoms with Crippen molar-refractivity contribution < 1.29 is 0 Å². The summed E-state index contributed by atoms with van der Waals surface area (Å²) in [6.07, 6.45) is 0.898. The zero-order valence-electron chi connectivity index (χ0n) is 15.6. The van der Waals surface area contributed by atoms with Gasteiger partial charge in [0.05, 0.1) is 30.2 Å². The van der Waals surface area contributed by atoms with Gasteiger partial charge >= 0.3 is 0 Å². The molecule has 2 heterocycles. The van der Waals surface area contributed by atoms with Gasteiger partial charge in [0.2, 0.25) is 0 Å². The molecule has 0 aromatic heterocycles. The van der Waals surface area contributed by atoms with E-state index in [1.807, 2.05) is 30.3 Å². The average molecular weight is 380 g/mol. The van der Waals surface area contributed by atoms with E-state index in [0.29, 0.717) is 11.6 Å². The molecule has 5 nitrogen and oxygen atoms in total. The fraction of sp³-hybridized carbons (Fsp3) is 0.286. The molecule has 0 spiro atoms. The van der Waals surface area contributed by atoms with Crippen LogP contribution in [0.3, 0.4) is 0 Å². The van der Waals surface area contributed by atoms with Gasteiger partial charge in [-0.15, -0.1) is 5.10 Å². The predicted molar refractivity (Wildman–Crippen MR) is 114 cm³/mol. The quantitative estimate of drug-likeness (QED) is 0.812. The van der Waals surface area contributed by atoms with Crippen molar-refractivity contribution in [1.29, 1.82) is 0 Å². The van der Waals surface area contributed by atoms with Gasteiger partial charge in [0.1, 0.15) is 0 Å². The number of hydrogen-bond donors (Lipinski definition) is 0. The fourth-order valence-electron chi connectivity index (χ4n) is 3.32. The molecule has 0 bridgehead atoms. The standard InChI is InChI=1S/C21H22ClN5/c1-26(2)11-10-17-14-27-19-9-8-16(22)12-18(19)21(15-6-4-3-5-7-15)23-13-20(27)25-24-17/h3-9,12H,10-11,13-14H2,1-2H3. The highest BCUT2D eigenvalue weighted by Gasteiger charge is 2.27. The molecule has 0 N–H and O–H groups in total. The Bertz CT molecular complexity index is 931. The summed E-state index contributed by atoms with van der Waals surface area (Å²) in [5, 5.41) is 9.65. The van der Waals surface area contributed by atoms with E-state index < -0.39 is 0 Å². The van der Waals surface area contributed by atoms with Crippen LogP contribution in [0, 0.1) is 0 Å². The van der Waals surface area contributed by atoms with Gasteiger partial charge in [-0.25, -0.2) is 0 Å². The number of halogens is 1. The third-order valence-electron chi connectivity index (χ3n) is 4.74. The molecule has 2 aromatic rings. The van der Waals surface area contributed by atoms with Crippen molar-refractivity contribution >= 4 is 34.5 Å². The first kappa shape index (κ1) is 17.9. The lowest BCUT2D eigenvalue weighted by Crippen LogP contribution is -2.40. The number of anilines is 1. The Kier molecular flexibility index (Phi) is 5.05. The van der Waals surface area contributed by atoms with E-state index in [1.165, 1.54) is 0 Å².